The lowest BCUT2D eigenvalue weighted by atomic mass is 10.1. The maximum atomic E-state index is 11.3. The molecule has 0 atom stereocenters. The van der Waals surface area contributed by atoms with E-state index in [1.165, 1.54) is 12.1 Å². The van der Waals surface area contributed by atoms with Gasteiger partial charge in [0.05, 0.1) is 16.5 Å². The van der Waals surface area contributed by atoms with E-state index in [0.29, 0.717) is 5.69 Å². The minimum Gasteiger partial charge on any atom is -0.399 e. The van der Waals surface area contributed by atoms with Gasteiger partial charge < -0.3 is 5.73 Å². The number of alkyl halides is 1. The smallest absolute Gasteiger partial charge is 0.179 e. The molecule has 0 bridgehead atoms. The summed E-state index contributed by atoms with van der Waals surface area (Å²) in [4.78, 5) is 11.3. The Bertz CT molecular complexity index is 424. The Morgan fingerprint density at radius 3 is 2.71 bits per heavy atom. The average Bonchev–Trinajstić information content (AvgIpc) is 2.19. The number of nitrogens with two attached hydrogens (primary N) is 1. The zero-order valence-corrected chi connectivity index (χ0v) is 8.56. The minimum atomic E-state index is -0.347. The van der Waals surface area contributed by atoms with Crippen LogP contribution in [0.3, 0.4) is 0 Å². The van der Waals surface area contributed by atoms with Crippen LogP contribution in [-0.4, -0.2) is 11.7 Å². The number of nitrogen functional groups attached to an aromatic ring is 1. The number of Topliss-reactive ketones (excluding diaryl/α,β-unsaturated/α-hetero) is 1. The SMILES string of the molecule is N#Cc1cc(N)cc(C(=O)CCl)c1Cl. The van der Waals surface area contributed by atoms with Gasteiger partial charge in [0.15, 0.2) is 5.78 Å². The van der Waals surface area contributed by atoms with Gasteiger partial charge in [-0.1, -0.05) is 11.6 Å². The van der Waals surface area contributed by atoms with Crippen molar-refractivity contribution in [2.45, 2.75) is 0 Å². The quantitative estimate of drug-likeness (QED) is 0.480. The zero-order valence-electron chi connectivity index (χ0n) is 7.05. The topological polar surface area (TPSA) is 66.9 Å². The van der Waals surface area contributed by atoms with Gasteiger partial charge in [-0.25, -0.2) is 0 Å². The number of hydrogen-bond acceptors (Lipinski definition) is 3. The van der Waals surface area contributed by atoms with Gasteiger partial charge in [0.2, 0.25) is 0 Å². The Kier molecular flexibility index (Phi) is 3.34. The molecule has 0 aliphatic rings. The first-order valence-electron chi connectivity index (χ1n) is 3.68. The molecular formula is C9H6Cl2N2O. The number of anilines is 1. The summed E-state index contributed by atoms with van der Waals surface area (Å²) in [6, 6.07) is 4.67. The highest BCUT2D eigenvalue weighted by molar-refractivity contribution is 6.38. The second kappa shape index (κ2) is 4.32. The summed E-state index contributed by atoms with van der Waals surface area (Å²) in [7, 11) is 0. The van der Waals surface area contributed by atoms with Crippen molar-refractivity contribution in [2.75, 3.05) is 11.6 Å². The van der Waals surface area contributed by atoms with Crippen LogP contribution in [0.4, 0.5) is 5.69 Å². The van der Waals surface area contributed by atoms with Crippen LogP contribution in [0.5, 0.6) is 0 Å². The molecule has 1 aromatic carbocycles. The first kappa shape index (κ1) is 10.8. The molecular weight excluding hydrogens is 223 g/mol. The van der Waals surface area contributed by atoms with E-state index in [2.05, 4.69) is 0 Å². The molecule has 0 unspecified atom stereocenters. The monoisotopic (exact) mass is 228 g/mol. The van der Waals surface area contributed by atoms with Crippen molar-refractivity contribution in [2.24, 2.45) is 0 Å². The first-order valence-corrected chi connectivity index (χ1v) is 4.59. The van der Waals surface area contributed by atoms with Crippen LogP contribution in [0.25, 0.3) is 0 Å². The number of halogens is 2. The van der Waals surface area contributed by atoms with Gasteiger partial charge in [-0.2, -0.15) is 5.26 Å². The third-order valence-corrected chi connectivity index (χ3v) is 2.29. The predicted molar refractivity (Wildman–Crippen MR) is 55.6 cm³/mol. The van der Waals surface area contributed by atoms with Crippen molar-refractivity contribution in [3.05, 3.63) is 28.3 Å². The lowest BCUT2D eigenvalue weighted by Crippen LogP contribution is -2.03. The molecule has 0 saturated carbocycles. The van der Waals surface area contributed by atoms with E-state index >= 15 is 0 Å². The van der Waals surface area contributed by atoms with Crippen LogP contribution in [0.2, 0.25) is 5.02 Å². The molecule has 0 aliphatic heterocycles. The highest BCUT2D eigenvalue weighted by Crippen LogP contribution is 2.24. The second-order valence-corrected chi connectivity index (χ2v) is 3.24. The van der Waals surface area contributed by atoms with E-state index in [1.54, 1.807) is 0 Å². The normalized spacial score (nSPS) is 9.50. The molecule has 0 aromatic heterocycles. The summed E-state index contributed by atoms with van der Waals surface area (Å²) in [5, 5.41) is 8.79. The van der Waals surface area contributed by atoms with Crippen molar-refractivity contribution >= 4 is 34.7 Å². The van der Waals surface area contributed by atoms with E-state index in [9.17, 15) is 4.79 Å². The largest absolute Gasteiger partial charge is 0.399 e. The van der Waals surface area contributed by atoms with Gasteiger partial charge in [-0.3, -0.25) is 4.79 Å². The molecule has 0 amide bonds. The van der Waals surface area contributed by atoms with E-state index in [0.717, 1.165) is 0 Å². The van der Waals surface area contributed by atoms with Gasteiger partial charge in [0.25, 0.3) is 0 Å². The van der Waals surface area contributed by atoms with Gasteiger partial charge in [0.1, 0.15) is 6.07 Å². The molecule has 0 aliphatic carbocycles. The Labute approximate surface area is 91.0 Å². The lowest BCUT2D eigenvalue weighted by Gasteiger charge is -2.04. The Morgan fingerprint density at radius 1 is 1.57 bits per heavy atom. The van der Waals surface area contributed by atoms with Crippen LogP contribution in [0.15, 0.2) is 12.1 Å². The molecule has 0 heterocycles. The summed E-state index contributed by atoms with van der Waals surface area (Å²) in [5.74, 6) is -0.533. The van der Waals surface area contributed by atoms with E-state index in [-0.39, 0.29) is 27.8 Å². The van der Waals surface area contributed by atoms with Crippen LogP contribution >= 0.6 is 23.2 Å². The van der Waals surface area contributed by atoms with Crippen molar-refractivity contribution < 1.29 is 4.79 Å². The van der Waals surface area contributed by atoms with Gasteiger partial charge in [-0.15, -0.1) is 11.6 Å². The van der Waals surface area contributed by atoms with Crippen molar-refractivity contribution in [1.29, 1.82) is 5.26 Å². The third kappa shape index (κ3) is 1.98. The molecule has 3 nitrogen and oxygen atoms in total. The Hall–Kier alpha value is -1.24. The number of rotatable bonds is 2. The van der Waals surface area contributed by atoms with E-state index < -0.39 is 0 Å². The average molecular weight is 229 g/mol. The molecule has 1 rings (SSSR count). The van der Waals surface area contributed by atoms with Crippen LogP contribution in [0, 0.1) is 11.3 Å². The maximum absolute atomic E-state index is 11.3. The van der Waals surface area contributed by atoms with E-state index in [1.807, 2.05) is 6.07 Å². The lowest BCUT2D eigenvalue weighted by molar-refractivity contribution is 0.102. The van der Waals surface area contributed by atoms with Crippen LogP contribution in [0.1, 0.15) is 15.9 Å². The summed E-state index contributed by atoms with van der Waals surface area (Å²) in [6.45, 7) is 0. The Balaban J connectivity index is 3.38. The number of hydrogen-bond donors (Lipinski definition) is 1. The fourth-order valence-corrected chi connectivity index (χ4v) is 1.40. The van der Waals surface area contributed by atoms with Crippen LogP contribution < -0.4 is 5.73 Å². The predicted octanol–water partition coefficient (Wildman–Crippen LogP) is 2.22. The number of carbonyl (C=O) groups is 1. The van der Waals surface area contributed by atoms with Gasteiger partial charge in [-0.05, 0) is 12.1 Å². The number of carbonyl (C=O) groups excluding carboxylic acids is 1. The fourth-order valence-electron chi connectivity index (χ4n) is 1.00. The summed E-state index contributed by atoms with van der Waals surface area (Å²) in [6.07, 6.45) is 0. The minimum absolute atomic E-state index is 0.104. The van der Waals surface area contributed by atoms with Crippen molar-refractivity contribution in [3.63, 3.8) is 0 Å². The maximum Gasteiger partial charge on any atom is 0.179 e. The Morgan fingerprint density at radius 2 is 2.21 bits per heavy atom. The molecule has 0 radical (unpaired) electrons. The van der Waals surface area contributed by atoms with Crippen LogP contribution in [-0.2, 0) is 0 Å². The number of nitrogens with zero attached hydrogens (tertiary/aromatic N) is 1. The zero-order chi connectivity index (χ0) is 10.7. The molecule has 0 saturated heterocycles. The molecule has 5 heteroatoms. The number of ketones is 1. The standard InChI is InChI=1S/C9H6Cl2N2O/c10-3-8(14)7-2-6(13)1-5(4-12)9(7)11/h1-2H,3,13H2. The molecule has 72 valence electrons. The number of nitriles is 1. The summed E-state index contributed by atoms with van der Waals surface area (Å²) >= 11 is 11.2. The number of benzene rings is 1. The van der Waals surface area contributed by atoms with Crippen molar-refractivity contribution in [1.82, 2.24) is 0 Å². The fraction of sp³-hybridized carbons (Fsp3) is 0.111. The summed E-state index contributed by atoms with van der Waals surface area (Å²) < 4.78 is 0. The highest BCUT2D eigenvalue weighted by atomic mass is 35.5. The molecule has 14 heavy (non-hydrogen) atoms. The molecule has 1 aromatic rings. The highest BCUT2D eigenvalue weighted by Gasteiger charge is 2.13. The molecule has 2 N–H and O–H groups in total. The summed E-state index contributed by atoms with van der Waals surface area (Å²) in [5.41, 5.74) is 6.18. The van der Waals surface area contributed by atoms with Crippen molar-refractivity contribution in [3.8, 4) is 6.07 Å². The molecule has 0 spiro atoms. The first-order chi connectivity index (χ1) is 6.60. The van der Waals surface area contributed by atoms with E-state index in [4.69, 9.17) is 34.2 Å². The third-order valence-electron chi connectivity index (χ3n) is 1.64. The van der Waals surface area contributed by atoms with Gasteiger partial charge >= 0.3 is 0 Å². The second-order valence-electron chi connectivity index (χ2n) is 2.60. The van der Waals surface area contributed by atoms with Gasteiger partial charge in [0, 0.05) is 11.3 Å². The molecule has 0 fully saturated rings.